The van der Waals surface area contributed by atoms with Crippen LogP contribution in [-0.2, 0) is 24.7 Å². The normalized spacial score (nSPS) is 23.2. The Kier molecular flexibility index (Phi) is 6.74. The standard InChI is InChI=1S/C28H31N3O6/c1-3-12-30-22-7-5-4-6-21(22)28(27(30)35)23(24(32)19-8-10-20(36-2)11-9-19)25(33)26(34)31(28)14-13-29-15-17-37-18-16-29/h4-11,32H,3,12-18H2,1-2H3/b24-23+. The molecule has 37 heavy (non-hydrogen) atoms. The average Bonchev–Trinajstić information content (AvgIpc) is 3.31. The van der Waals surface area contributed by atoms with E-state index in [1.54, 1.807) is 41.3 Å². The summed E-state index contributed by atoms with van der Waals surface area (Å²) in [5, 5.41) is 11.5. The highest BCUT2D eigenvalue weighted by Crippen LogP contribution is 2.53. The van der Waals surface area contributed by atoms with Gasteiger partial charge in [-0.05, 0) is 36.8 Å². The number of hydrogen-bond donors (Lipinski definition) is 1. The molecule has 2 amide bonds. The zero-order valence-electron chi connectivity index (χ0n) is 21.1. The minimum absolute atomic E-state index is 0.157. The fraction of sp³-hybridized carbons (Fsp3) is 0.393. The number of nitrogens with zero attached hydrogens (tertiary/aromatic N) is 3. The molecule has 9 nitrogen and oxygen atoms in total. The number of Topliss-reactive ketones (excluding diaryl/α,β-unsaturated/α-hetero) is 1. The second-order valence-corrected chi connectivity index (χ2v) is 9.38. The number of ether oxygens (including phenoxy) is 2. The number of anilines is 1. The van der Waals surface area contributed by atoms with Gasteiger partial charge >= 0.3 is 0 Å². The van der Waals surface area contributed by atoms with Gasteiger partial charge in [0.1, 0.15) is 11.5 Å². The first-order valence-electron chi connectivity index (χ1n) is 12.6. The van der Waals surface area contributed by atoms with Crippen molar-refractivity contribution in [1.82, 2.24) is 9.80 Å². The van der Waals surface area contributed by atoms with Gasteiger partial charge in [-0.3, -0.25) is 19.3 Å². The van der Waals surface area contributed by atoms with E-state index in [2.05, 4.69) is 4.90 Å². The van der Waals surface area contributed by atoms with E-state index < -0.39 is 23.1 Å². The number of likely N-dealkylation sites (tertiary alicyclic amines) is 1. The molecule has 3 heterocycles. The lowest BCUT2D eigenvalue weighted by Crippen LogP contribution is -2.54. The van der Waals surface area contributed by atoms with Gasteiger partial charge in [-0.1, -0.05) is 25.1 Å². The molecular formula is C28H31N3O6. The van der Waals surface area contributed by atoms with E-state index in [9.17, 15) is 19.5 Å². The minimum Gasteiger partial charge on any atom is -0.507 e. The van der Waals surface area contributed by atoms with Gasteiger partial charge in [0.15, 0.2) is 5.54 Å². The van der Waals surface area contributed by atoms with Crippen LogP contribution in [0, 0.1) is 0 Å². The smallest absolute Gasteiger partial charge is 0.296 e. The summed E-state index contributed by atoms with van der Waals surface area (Å²) in [5.41, 5.74) is -0.430. The number of benzene rings is 2. The van der Waals surface area contributed by atoms with Gasteiger partial charge in [0.25, 0.3) is 17.6 Å². The zero-order valence-corrected chi connectivity index (χ0v) is 21.1. The van der Waals surface area contributed by atoms with Crippen molar-refractivity contribution < 1.29 is 29.0 Å². The molecule has 3 aliphatic rings. The first kappa shape index (κ1) is 25.0. The number of aliphatic hydroxyl groups is 1. The van der Waals surface area contributed by atoms with Crippen LogP contribution in [0.25, 0.3) is 5.76 Å². The maximum atomic E-state index is 14.4. The number of ketones is 1. The maximum absolute atomic E-state index is 14.4. The molecule has 2 fully saturated rings. The summed E-state index contributed by atoms with van der Waals surface area (Å²) in [4.78, 5) is 46.8. The Bertz CT molecular complexity index is 1250. The number of aliphatic hydroxyl groups excluding tert-OH is 1. The molecule has 1 unspecified atom stereocenters. The van der Waals surface area contributed by atoms with Crippen LogP contribution in [0.2, 0.25) is 0 Å². The fourth-order valence-electron chi connectivity index (χ4n) is 5.57. The zero-order chi connectivity index (χ0) is 26.2. The summed E-state index contributed by atoms with van der Waals surface area (Å²) in [6.07, 6.45) is 0.690. The van der Waals surface area contributed by atoms with E-state index in [0.29, 0.717) is 68.4 Å². The summed E-state index contributed by atoms with van der Waals surface area (Å²) in [7, 11) is 1.53. The molecule has 2 aromatic carbocycles. The first-order chi connectivity index (χ1) is 17.9. The molecule has 0 radical (unpaired) electrons. The van der Waals surface area contributed by atoms with Gasteiger partial charge in [-0.15, -0.1) is 0 Å². The number of rotatable bonds is 7. The third kappa shape index (κ3) is 3.89. The highest BCUT2D eigenvalue weighted by atomic mass is 16.5. The quantitative estimate of drug-likeness (QED) is 0.350. The molecule has 194 valence electrons. The average molecular weight is 506 g/mol. The monoisotopic (exact) mass is 505 g/mol. The Morgan fingerprint density at radius 1 is 1.00 bits per heavy atom. The molecule has 1 N–H and O–H groups in total. The summed E-state index contributed by atoms with van der Waals surface area (Å²) >= 11 is 0. The summed E-state index contributed by atoms with van der Waals surface area (Å²) in [5.74, 6) is -1.85. The predicted molar refractivity (Wildman–Crippen MR) is 137 cm³/mol. The topological polar surface area (TPSA) is 99.6 Å². The van der Waals surface area contributed by atoms with Crippen molar-refractivity contribution in [2.75, 3.05) is 57.9 Å². The SMILES string of the molecule is CCCN1C(=O)C2(/C(=C(/O)c3ccc(OC)cc3)C(=O)C(=O)N2CCN2CCOCC2)c2ccccc21. The van der Waals surface area contributed by atoms with Crippen LogP contribution in [0.3, 0.4) is 0 Å². The minimum atomic E-state index is -1.74. The number of carbonyl (C=O) groups is 3. The van der Waals surface area contributed by atoms with E-state index >= 15 is 0 Å². The Balaban J connectivity index is 1.69. The van der Waals surface area contributed by atoms with E-state index in [0.717, 1.165) is 0 Å². The second kappa shape index (κ2) is 9.99. The van der Waals surface area contributed by atoms with Crippen molar-refractivity contribution in [2.24, 2.45) is 0 Å². The van der Waals surface area contributed by atoms with Gasteiger partial charge in [0.05, 0.1) is 31.6 Å². The molecule has 0 aliphatic carbocycles. The van der Waals surface area contributed by atoms with Gasteiger partial charge in [-0.25, -0.2) is 0 Å². The number of morpholine rings is 1. The Hall–Kier alpha value is -3.69. The van der Waals surface area contributed by atoms with Crippen molar-refractivity contribution in [1.29, 1.82) is 0 Å². The van der Waals surface area contributed by atoms with E-state index in [1.165, 1.54) is 12.0 Å². The Morgan fingerprint density at radius 2 is 1.70 bits per heavy atom. The van der Waals surface area contributed by atoms with Crippen molar-refractivity contribution in [3.05, 3.63) is 65.2 Å². The molecule has 9 heteroatoms. The summed E-state index contributed by atoms with van der Waals surface area (Å²) in [6, 6.07) is 13.8. The van der Waals surface area contributed by atoms with Gasteiger partial charge in [0.2, 0.25) is 0 Å². The van der Waals surface area contributed by atoms with Crippen molar-refractivity contribution in [3.8, 4) is 5.75 Å². The highest BCUT2D eigenvalue weighted by Gasteiger charge is 2.66. The van der Waals surface area contributed by atoms with Crippen LogP contribution in [0.15, 0.2) is 54.1 Å². The third-order valence-electron chi connectivity index (χ3n) is 7.36. The Morgan fingerprint density at radius 3 is 2.38 bits per heavy atom. The van der Waals surface area contributed by atoms with Gasteiger partial charge < -0.3 is 24.4 Å². The third-order valence-corrected chi connectivity index (χ3v) is 7.36. The van der Waals surface area contributed by atoms with E-state index in [1.807, 2.05) is 19.1 Å². The number of fused-ring (bicyclic) bond motifs is 2. The van der Waals surface area contributed by atoms with Gasteiger partial charge in [-0.2, -0.15) is 0 Å². The number of carbonyl (C=O) groups excluding carboxylic acids is 3. The number of hydrogen-bond acceptors (Lipinski definition) is 7. The largest absolute Gasteiger partial charge is 0.507 e. The van der Waals surface area contributed by atoms with Crippen molar-refractivity contribution >= 4 is 29.0 Å². The lowest BCUT2D eigenvalue weighted by molar-refractivity contribution is -0.144. The fourth-order valence-corrected chi connectivity index (χ4v) is 5.57. The molecule has 0 saturated carbocycles. The van der Waals surface area contributed by atoms with Crippen molar-refractivity contribution in [2.45, 2.75) is 18.9 Å². The molecular weight excluding hydrogens is 474 g/mol. The van der Waals surface area contributed by atoms with E-state index in [4.69, 9.17) is 9.47 Å². The van der Waals surface area contributed by atoms with E-state index in [-0.39, 0.29) is 17.9 Å². The molecule has 2 aromatic rings. The number of amides is 2. The highest BCUT2D eigenvalue weighted by molar-refractivity contribution is 6.50. The molecule has 1 spiro atoms. The van der Waals surface area contributed by atoms with Crippen LogP contribution < -0.4 is 9.64 Å². The first-order valence-corrected chi connectivity index (χ1v) is 12.6. The van der Waals surface area contributed by atoms with Crippen LogP contribution >= 0.6 is 0 Å². The maximum Gasteiger partial charge on any atom is 0.296 e. The molecule has 1 atom stereocenters. The second-order valence-electron chi connectivity index (χ2n) is 9.38. The number of para-hydroxylation sites is 1. The molecule has 2 saturated heterocycles. The van der Waals surface area contributed by atoms with Crippen molar-refractivity contribution in [3.63, 3.8) is 0 Å². The lowest BCUT2D eigenvalue weighted by Gasteiger charge is -2.36. The van der Waals surface area contributed by atoms with Crippen LogP contribution in [0.5, 0.6) is 5.75 Å². The number of methoxy groups -OCH3 is 1. The molecule has 0 bridgehead atoms. The predicted octanol–water partition coefficient (Wildman–Crippen LogP) is 2.36. The molecule has 0 aromatic heterocycles. The lowest BCUT2D eigenvalue weighted by atomic mass is 9.82. The molecule has 5 rings (SSSR count). The van der Waals surface area contributed by atoms with Crippen LogP contribution in [0.4, 0.5) is 5.69 Å². The van der Waals surface area contributed by atoms with Crippen LogP contribution in [0.1, 0.15) is 24.5 Å². The summed E-state index contributed by atoms with van der Waals surface area (Å²) in [6.45, 7) is 5.61. The summed E-state index contributed by atoms with van der Waals surface area (Å²) < 4.78 is 10.7. The molecule has 3 aliphatic heterocycles. The van der Waals surface area contributed by atoms with Gasteiger partial charge in [0, 0.05) is 43.9 Å². The Labute approximate surface area is 215 Å². The van der Waals surface area contributed by atoms with Crippen LogP contribution in [-0.4, -0.2) is 85.6 Å².